The Balaban J connectivity index is 1.92. The van der Waals surface area contributed by atoms with Crippen LogP contribution in [-0.2, 0) is 27.8 Å². The minimum atomic E-state index is -3.57. The summed E-state index contributed by atoms with van der Waals surface area (Å²) in [6.45, 7) is 4.55. The molecule has 0 saturated heterocycles. The van der Waals surface area contributed by atoms with Gasteiger partial charge >= 0.3 is 0 Å². The van der Waals surface area contributed by atoms with Gasteiger partial charge in [0.25, 0.3) is 10.0 Å². The molecule has 0 saturated carbocycles. The minimum Gasteiger partial charge on any atom is -0.371 e. The second-order valence-corrected chi connectivity index (χ2v) is 7.81. The molecule has 116 valence electrons. The first-order valence-corrected chi connectivity index (χ1v) is 8.68. The van der Waals surface area contributed by atoms with Crippen molar-refractivity contribution in [3.05, 3.63) is 59.7 Å². The number of para-hydroxylation sites is 1. The summed E-state index contributed by atoms with van der Waals surface area (Å²) in [4.78, 5) is 0.285. The predicted molar refractivity (Wildman–Crippen MR) is 86.3 cm³/mol. The minimum absolute atomic E-state index is 0.262. The molecule has 4 nitrogen and oxygen atoms in total. The van der Waals surface area contributed by atoms with E-state index in [1.54, 1.807) is 36.4 Å². The average Bonchev–Trinajstić information content (AvgIpc) is 2.46. The van der Waals surface area contributed by atoms with Crippen LogP contribution >= 0.6 is 0 Å². The summed E-state index contributed by atoms with van der Waals surface area (Å²) >= 11 is 0. The van der Waals surface area contributed by atoms with Crippen LogP contribution in [0.15, 0.2) is 53.4 Å². The standard InChI is InChI=1S/C17H19NO3S/c1-17(2)11-14-10-16(9-8-13(14)12-21-17)22(19,20)18-15-6-4-3-5-7-15/h3-10,18H,11-12H2,1-2H3. The Kier molecular flexibility index (Phi) is 3.70. The third-order valence-electron chi connectivity index (χ3n) is 3.75. The lowest BCUT2D eigenvalue weighted by atomic mass is 9.92. The van der Waals surface area contributed by atoms with E-state index in [9.17, 15) is 8.42 Å². The zero-order chi connectivity index (χ0) is 15.8. The fraction of sp³-hybridized carbons (Fsp3) is 0.294. The molecule has 0 amide bonds. The van der Waals surface area contributed by atoms with Crippen LogP contribution in [0.2, 0.25) is 0 Å². The Morgan fingerprint density at radius 1 is 1.05 bits per heavy atom. The van der Waals surface area contributed by atoms with E-state index in [0.717, 1.165) is 11.1 Å². The summed E-state index contributed by atoms with van der Waals surface area (Å²) in [6, 6.07) is 14.1. The number of rotatable bonds is 3. The quantitative estimate of drug-likeness (QED) is 0.944. The molecule has 0 spiro atoms. The summed E-state index contributed by atoms with van der Waals surface area (Å²) in [5.41, 5.74) is 2.39. The molecule has 0 atom stereocenters. The number of benzene rings is 2. The number of sulfonamides is 1. The molecule has 0 radical (unpaired) electrons. The van der Waals surface area contributed by atoms with Gasteiger partial charge in [-0.1, -0.05) is 24.3 Å². The third-order valence-corrected chi connectivity index (χ3v) is 5.13. The van der Waals surface area contributed by atoms with Crippen molar-refractivity contribution in [2.75, 3.05) is 4.72 Å². The third kappa shape index (κ3) is 3.15. The van der Waals surface area contributed by atoms with Gasteiger partial charge in [0.15, 0.2) is 0 Å². The molecule has 1 heterocycles. The fourth-order valence-electron chi connectivity index (χ4n) is 2.58. The Morgan fingerprint density at radius 2 is 1.77 bits per heavy atom. The van der Waals surface area contributed by atoms with Gasteiger partial charge in [0, 0.05) is 12.1 Å². The van der Waals surface area contributed by atoms with E-state index >= 15 is 0 Å². The van der Waals surface area contributed by atoms with Crippen LogP contribution in [-0.4, -0.2) is 14.0 Å². The Bertz CT molecular complexity index is 783. The van der Waals surface area contributed by atoms with Gasteiger partial charge in [-0.3, -0.25) is 4.72 Å². The summed E-state index contributed by atoms with van der Waals surface area (Å²) in [5.74, 6) is 0. The summed E-state index contributed by atoms with van der Waals surface area (Å²) in [6.07, 6.45) is 0.705. The molecule has 0 aliphatic carbocycles. The molecule has 5 heteroatoms. The van der Waals surface area contributed by atoms with Crippen LogP contribution in [0.5, 0.6) is 0 Å². The number of hydrogen-bond donors (Lipinski definition) is 1. The molecule has 2 aromatic carbocycles. The van der Waals surface area contributed by atoms with Crippen LogP contribution in [0.3, 0.4) is 0 Å². The van der Waals surface area contributed by atoms with Gasteiger partial charge in [0.2, 0.25) is 0 Å². The first kappa shape index (κ1) is 15.1. The maximum atomic E-state index is 12.5. The van der Waals surface area contributed by atoms with Crippen molar-refractivity contribution in [1.29, 1.82) is 0 Å². The summed E-state index contributed by atoms with van der Waals surface area (Å²) in [7, 11) is -3.57. The molecule has 22 heavy (non-hydrogen) atoms. The van der Waals surface area contributed by atoms with E-state index in [-0.39, 0.29) is 10.5 Å². The van der Waals surface area contributed by atoms with Crippen molar-refractivity contribution >= 4 is 15.7 Å². The fourth-order valence-corrected chi connectivity index (χ4v) is 3.69. The lowest BCUT2D eigenvalue weighted by Crippen LogP contribution is -2.32. The van der Waals surface area contributed by atoms with Crippen molar-refractivity contribution in [2.45, 2.75) is 37.4 Å². The molecule has 0 fully saturated rings. The van der Waals surface area contributed by atoms with Gasteiger partial charge in [-0.05, 0) is 49.2 Å². The Morgan fingerprint density at radius 3 is 2.50 bits per heavy atom. The topological polar surface area (TPSA) is 55.4 Å². The first-order chi connectivity index (χ1) is 10.4. The second-order valence-electron chi connectivity index (χ2n) is 6.13. The lowest BCUT2D eigenvalue weighted by molar-refractivity contribution is -0.0401. The number of fused-ring (bicyclic) bond motifs is 1. The first-order valence-electron chi connectivity index (χ1n) is 7.19. The monoisotopic (exact) mass is 317 g/mol. The largest absolute Gasteiger partial charge is 0.371 e. The van der Waals surface area contributed by atoms with Crippen molar-refractivity contribution in [2.24, 2.45) is 0 Å². The molecule has 0 unspecified atom stereocenters. The van der Waals surface area contributed by atoms with Gasteiger partial charge in [-0.2, -0.15) is 0 Å². The highest BCUT2D eigenvalue weighted by Crippen LogP contribution is 2.29. The molecule has 0 aromatic heterocycles. The molecule has 3 rings (SSSR count). The Labute approximate surface area is 131 Å². The van der Waals surface area contributed by atoms with Crippen molar-refractivity contribution in [3.8, 4) is 0 Å². The smallest absolute Gasteiger partial charge is 0.261 e. The molecule has 1 aliphatic heterocycles. The zero-order valence-electron chi connectivity index (χ0n) is 12.7. The molecular formula is C17H19NO3S. The highest BCUT2D eigenvalue weighted by atomic mass is 32.2. The van der Waals surface area contributed by atoms with Crippen LogP contribution in [0, 0.1) is 0 Å². The van der Waals surface area contributed by atoms with Gasteiger partial charge in [0.05, 0.1) is 17.1 Å². The zero-order valence-corrected chi connectivity index (χ0v) is 13.5. The highest BCUT2D eigenvalue weighted by molar-refractivity contribution is 7.92. The normalized spacial score (nSPS) is 16.8. The average molecular weight is 317 g/mol. The van der Waals surface area contributed by atoms with Crippen molar-refractivity contribution < 1.29 is 13.2 Å². The number of ether oxygens (including phenoxy) is 1. The van der Waals surface area contributed by atoms with Crippen LogP contribution in [0.1, 0.15) is 25.0 Å². The molecule has 0 bridgehead atoms. The molecule has 1 N–H and O–H groups in total. The summed E-state index contributed by atoms with van der Waals surface area (Å²) in [5, 5.41) is 0. The van der Waals surface area contributed by atoms with E-state index in [2.05, 4.69) is 4.72 Å². The number of hydrogen-bond acceptors (Lipinski definition) is 3. The maximum Gasteiger partial charge on any atom is 0.261 e. The summed E-state index contributed by atoms with van der Waals surface area (Å²) < 4.78 is 33.4. The van der Waals surface area contributed by atoms with Crippen LogP contribution < -0.4 is 4.72 Å². The van der Waals surface area contributed by atoms with E-state index in [4.69, 9.17) is 4.74 Å². The van der Waals surface area contributed by atoms with E-state index in [1.807, 2.05) is 26.0 Å². The van der Waals surface area contributed by atoms with Gasteiger partial charge in [-0.15, -0.1) is 0 Å². The predicted octanol–water partition coefficient (Wildman–Crippen LogP) is 3.34. The highest BCUT2D eigenvalue weighted by Gasteiger charge is 2.27. The van der Waals surface area contributed by atoms with Gasteiger partial charge < -0.3 is 4.74 Å². The van der Waals surface area contributed by atoms with E-state index in [0.29, 0.717) is 18.7 Å². The van der Waals surface area contributed by atoms with Crippen LogP contribution in [0.4, 0.5) is 5.69 Å². The Hall–Kier alpha value is -1.85. The second kappa shape index (κ2) is 5.41. The van der Waals surface area contributed by atoms with Gasteiger partial charge in [0.1, 0.15) is 0 Å². The van der Waals surface area contributed by atoms with Crippen LogP contribution in [0.25, 0.3) is 0 Å². The molecule has 1 aliphatic rings. The van der Waals surface area contributed by atoms with E-state index in [1.165, 1.54) is 0 Å². The molecular weight excluding hydrogens is 298 g/mol. The lowest BCUT2D eigenvalue weighted by Gasteiger charge is -2.32. The maximum absolute atomic E-state index is 12.5. The van der Waals surface area contributed by atoms with Crippen molar-refractivity contribution in [3.63, 3.8) is 0 Å². The van der Waals surface area contributed by atoms with Crippen molar-refractivity contribution in [1.82, 2.24) is 0 Å². The number of anilines is 1. The number of nitrogens with one attached hydrogen (secondary N) is 1. The van der Waals surface area contributed by atoms with E-state index < -0.39 is 10.0 Å². The van der Waals surface area contributed by atoms with Gasteiger partial charge in [-0.25, -0.2) is 8.42 Å². The molecule has 2 aromatic rings. The SMILES string of the molecule is CC1(C)Cc2cc(S(=O)(=O)Nc3ccccc3)ccc2CO1.